The van der Waals surface area contributed by atoms with E-state index < -0.39 is 0 Å². The number of ether oxygens (including phenoxy) is 2. The number of phenolic OH excluding ortho intramolecular Hbond substituents is 1. The Morgan fingerprint density at radius 2 is 1.84 bits per heavy atom. The van der Waals surface area contributed by atoms with Gasteiger partial charge in [0.1, 0.15) is 5.75 Å². The van der Waals surface area contributed by atoms with Crippen LogP contribution in [0.1, 0.15) is 5.56 Å². The number of methoxy groups -OCH3 is 2. The molecule has 1 fully saturated rings. The van der Waals surface area contributed by atoms with Gasteiger partial charge in [0, 0.05) is 0 Å². The van der Waals surface area contributed by atoms with Gasteiger partial charge in [0.25, 0.3) is 5.91 Å². The lowest BCUT2D eigenvalue weighted by Gasteiger charge is -2.14. The summed E-state index contributed by atoms with van der Waals surface area (Å²) in [6, 6.07) is 11.8. The molecule has 2 N–H and O–H groups in total. The second-order valence-electron chi connectivity index (χ2n) is 5.19. The Bertz CT molecular complexity index is 862. The number of amides is 1. The second kappa shape index (κ2) is 6.90. The van der Waals surface area contributed by atoms with E-state index in [4.69, 9.17) is 14.9 Å². The summed E-state index contributed by atoms with van der Waals surface area (Å²) in [5.74, 6) is 0.767. The smallest absolute Gasteiger partial charge is 0.271 e. The monoisotopic (exact) mass is 356 g/mol. The maximum absolute atomic E-state index is 12.7. The number of phenols is 1. The standard InChI is InChI=1S/C18H16N2O4S/c1-23-13-6-4-12(5-7-13)20-17(22)16(25-18(20)19)10-11-3-8-14(21)15(9-11)24-2/h3-10,19,21H,1-2H3/b16-10-,19-18?. The van der Waals surface area contributed by atoms with Gasteiger partial charge in [-0.05, 0) is 59.8 Å². The summed E-state index contributed by atoms with van der Waals surface area (Å²) < 4.78 is 10.2. The van der Waals surface area contributed by atoms with E-state index in [2.05, 4.69) is 0 Å². The number of anilines is 1. The van der Waals surface area contributed by atoms with Crippen molar-refractivity contribution in [3.8, 4) is 17.2 Å². The molecule has 2 aromatic carbocycles. The van der Waals surface area contributed by atoms with Gasteiger partial charge in [-0.1, -0.05) is 6.07 Å². The number of benzene rings is 2. The van der Waals surface area contributed by atoms with Crippen LogP contribution in [0.4, 0.5) is 5.69 Å². The van der Waals surface area contributed by atoms with Crippen molar-refractivity contribution in [2.24, 2.45) is 0 Å². The Kier molecular flexibility index (Phi) is 4.67. The predicted molar refractivity (Wildman–Crippen MR) is 98.4 cm³/mol. The van der Waals surface area contributed by atoms with Gasteiger partial charge in [-0.2, -0.15) is 0 Å². The third-order valence-electron chi connectivity index (χ3n) is 3.66. The predicted octanol–water partition coefficient (Wildman–Crippen LogP) is 3.47. The van der Waals surface area contributed by atoms with Crippen LogP contribution in [0.25, 0.3) is 6.08 Å². The van der Waals surface area contributed by atoms with E-state index in [1.54, 1.807) is 49.6 Å². The molecule has 0 aliphatic carbocycles. The van der Waals surface area contributed by atoms with Crippen LogP contribution < -0.4 is 14.4 Å². The Morgan fingerprint density at radius 3 is 2.48 bits per heavy atom. The molecule has 128 valence electrons. The molecule has 0 spiro atoms. The Labute approximate surface area is 149 Å². The molecule has 1 aliphatic heterocycles. The lowest BCUT2D eigenvalue weighted by atomic mass is 10.2. The number of nitrogens with one attached hydrogen (secondary N) is 1. The largest absolute Gasteiger partial charge is 0.504 e. The molecule has 2 aromatic rings. The molecule has 1 saturated heterocycles. The highest BCUT2D eigenvalue weighted by molar-refractivity contribution is 8.19. The van der Waals surface area contributed by atoms with Crippen molar-refractivity contribution in [1.82, 2.24) is 0 Å². The molecule has 0 unspecified atom stereocenters. The summed E-state index contributed by atoms with van der Waals surface area (Å²) in [6.45, 7) is 0. The van der Waals surface area contributed by atoms with E-state index >= 15 is 0 Å². The van der Waals surface area contributed by atoms with E-state index in [0.717, 1.165) is 11.8 Å². The van der Waals surface area contributed by atoms with E-state index in [1.165, 1.54) is 18.1 Å². The van der Waals surface area contributed by atoms with E-state index in [-0.39, 0.29) is 16.8 Å². The third kappa shape index (κ3) is 3.32. The van der Waals surface area contributed by atoms with Crippen LogP contribution in [0.3, 0.4) is 0 Å². The average Bonchev–Trinajstić information content (AvgIpc) is 2.90. The number of carbonyl (C=O) groups excluding carboxylic acids is 1. The van der Waals surface area contributed by atoms with E-state index in [9.17, 15) is 9.90 Å². The highest BCUT2D eigenvalue weighted by Crippen LogP contribution is 2.36. The maximum Gasteiger partial charge on any atom is 0.271 e. The number of hydrogen-bond donors (Lipinski definition) is 2. The van der Waals surface area contributed by atoms with Crippen LogP contribution in [0.15, 0.2) is 47.4 Å². The van der Waals surface area contributed by atoms with Crippen LogP contribution >= 0.6 is 11.8 Å². The third-order valence-corrected chi connectivity index (χ3v) is 4.54. The molecule has 7 heteroatoms. The topological polar surface area (TPSA) is 82.8 Å². The van der Waals surface area contributed by atoms with Crippen LogP contribution in [-0.2, 0) is 4.79 Å². The number of nitrogens with zero attached hydrogens (tertiary/aromatic N) is 1. The number of aromatic hydroxyl groups is 1. The van der Waals surface area contributed by atoms with Crippen molar-refractivity contribution >= 4 is 34.6 Å². The van der Waals surface area contributed by atoms with Crippen molar-refractivity contribution in [1.29, 1.82) is 5.41 Å². The number of rotatable bonds is 4. The first kappa shape index (κ1) is 16.9. The Morgan fingerprint density at radius 1 is 1.12 bits per heavy atom. The first-order chi connectivity index (χ1) is 12.0. The first-order valence-corrected chi connectivity index (χ1v) is 8.18. The zero-order valence-electron chi connectivity index (χ0n) is 13.6. The lowest BCUT2D eigenvalue weighted by molar-refractivity contribution is -0.113. The molecule has 0 bridgehead atoms. The summed E-state index contributed by atoms with van der Waals surface area (Å²) in [5.41, 5.74) is 1.31. The lowest BCUT2D eigenvalue weighted by Crippen LogP contribution is -2.27. The van der Waals surface area contributed by atoms with Gasteiger partial charge < -0.3 is 14.6 Å². The van der Waals surface area contributed by atoms with E-state index in [0.29, 0.717) is 27.7 Å². The second-order valence-corrected chi connectivity index (χ2v) is 6.22. The molecule has 1 heterocycles. The highest BCUT2D eigenvalue weighted by Gasteiger charge is 2.33. The van der Waals surface area contributed by atoms with Crippen molar-refractivity contribution in [3.05, 3.63) is 52.9 Å². The molecular formula is C18H16N2O4S. The van der Waals surface area contributed by atoms with Crippen LogP contribution in [-0.4, -0.2) is 30.4 Å². The number of hydrogen-bond acceptors (Lipinski definition) is 6. The Balaban J connectivity index is 1.90. The first-order valence-electron chi connectivity index (χ1n) is 7.37. The van der Waals surface area contributed by atoms with Crippen LogP contribution in [0.2, 0.25) is 0 Å². The molecule has 6 nitrogen and oxygen atoms in total. The summed E-state index contributed by atoms with van der Waals surface area (Å²) in [5, 5.41) is 17.9. The average molecular weight is 356 g/mol. The van der Waals surface area contributed by atoms with Gasteiger partial charge >= 0.3 is 0 Å². The van der Waals surface area contributed by atoms with E-state index in [1.807, 2.05) is 0 Å². The van der Waals surface area contributed by atoms with Gasteiger partial charge in [-0.25, -0.2) is 0 Å². The van der Waals surface area contributed by atoms with Crippen molar-refractivity contribution in [2.45, 2.75) is 0 Å². The van der Waals surface area contributed by atoms with Gasteiger partial charge in [-0.3, -0.25) is 15.1 Å². The van der Waals surface area contributed by atoms with Crippen molar-refractivity contribution < 1.29 is 19.4 Å². The summed E-state index contributed by atoms with van der Waals surface area (Å²) in [7, 11) is 3.03. The van der Waals surface area contributed by atoms with Gasteiger partial charge in [0.05, 0.1) is 24.8 Å². The van der Waals surface area contributed by atoms with Crippen molar-refractivity contribution in [2.75, 3.05) is 19.1 Å². The van der Waals surface area contributed by atoms with Crippen LogP contribution in [0.5, 0.6) is 17.2 Å². The number of amidine groups is 1. The molecule has 1 amide bonds. The molecule has 3 rings (SSSR count). The zero-order valence-corrected chi connectivity index (χ0v) is 14.5. The highest BCUT2D eigenvalue weighted by atomic mass is 32.2. The minimum atomic E-state index is -0.271. The van der Waals surface area contributed by atoms with Crippen LogP contribution in [0, 0.1) is 5.41 Å². The zero-order chi connectivity index (χ0) is 18.0. The SMILES string of the molecule is COc1ccc(N2C(=N)S/C(=C\c3ccc(O)c(OC)c3)C2=O)cc1. The van der Waals surface area contributed by atoms with Gasteiger partial charge in [0.2, 0.25) is 0 Å². The quantitative estimate of drug-likeness (QED) is 0.820. The minimum absolute atomic E-state index is 0.0302. The molecule has 0 radical (unpaired) electrons. The molecule has 0 atom stereocenters. The summed E-state index contributed by atoms with van der Waals surface area (Å²) in [4.78, 5) is 14.4. The molecule has 25 heavy (non-hydrogen) atoms. The maximum atomic E-state index is 12.7. The molecule has 0 saturated carbocycles. The molecule has 1 aliphatic rings. The fourth-order valence-electron chi connectivity index (χ4n) is 2.39. The van der Waals surface area contributed by atoms with Crippen molar-refractivity contribution in [3.63, 3.8) is 0 Å². The normalized spacial score (nSPS) is 15.8. The number of thioether (sulfide) groups is 1. The van der Waals surface area contributed by atoms with Gasteiger partial charge in [-0.15, -0.1) is 0 Å². The summed E-state index contributed by atoms with van der Waals surface area (Å²) in [6.07, 6.45) is 1.67. The molecular weight excluding hydrogens is 340 g/mol. The Hall–Kier alpha value is -2.93. The minimum Gasteiger partial charge on any atom is -0.504 e. The fraction of sp³-hybridized carbons (Fsp3) is 0.111. The van der Waals surface area contributed by atoms with Gasteiger partial charge in [0.15, 0.2) is 16.7 Å². The fourth-order valence-corrected chi connectivity index (χ4v) is 3.25. The molecule has 0 aromatic heterocycles. The summed E-state index contributed by atoms with van der Waals surface area (Å²) >= 11 is 1.09. The number of carbonyl (C=O) groups is 1.